The predicted octanol–water partition coefficient (Wildman–Crippen LogP) is 5.53. The number of carbonyl (C=O) groups is 2. The monoisotopic (exact) mass is 441 g/mol. The summed E-state index contributed by atoms with van der Waals surface area (Å²) in [6, 6.07) is 21.2. The molecule has 2 heterocycles. The Bertz CT molecular complexity index is 1390. The number of hydrogen-bond donors (Lipinski definition) is 0. The smallest absolute Gasteiger partial charge is 0.268 e. The number of thioether (sulfide) groups is 1. The van der Waals surface area contributed by atoms with Gasteiger partial charge in [-0.1, -0.05) is 48.5 Å². The van der Waals surface area contributed by atoms with Gasteiger partial charge in [-0.05, 0) is 41.1 Å². The fraction of sp³-hybridized carbons (Fsp3) is 0.0417. The number of nitro benzene ring substituents is 1. The van der Waals surface area contributed by atoms with Gasteiger partial charge in [0.15, 0.2) is 0 Å². The quantitative estimate of drug-likeness (QED) is 0.179. The maximum atomic E-state index is 13.1. The van der Waals surface area contributed by atoms with Gasteiger partial charge < -0.3 is 0 Å². The van der Waals surface area contributed by atoms with E-state index in [9.17, 15) is 19.7 Å². The number of para-hydroxylation sites is 2. The fourth-order valence-corrected chi connectivity index (χ4v) is 4.52. The number of benzene rings is 3. The second kappa shape index (κ2) is 7.90. The van der Waals surface area contributed by atoms with Crippen LogP contribution in [0.1, 0.15) is 11.1 Å². The molecule has 0 saturated carbocycles. The lowest BCUT2D eigenvalue weighted by Gasteiger charge is -2.12. The molecule has 0 radical (unpaired) electrons. The van der Waals surface area contributed by atoms with Crippen molar-refractivity contribution in [2.24, 2.45) is 0 Å². The number of fused-ring (bicyclic) bond motifs is 2. The van der Waals surface area contributed by atoms with Gasteiger partial charge in [-0.25, -0.2) is 4.98 Å². The van der Waals surface area contributed by atoms with Crippen LogP contribution in [0.5, 0.6) is 0 Å². The summed E-state index contributed by atoms with van der Waals surface area (Å²) in [7, 11) is 0. The summed E-state index contributed by atoms with van der Waals surface area (Å²) in [5.41, 5.74) is 3.05. The van der Waals surface area contributed by atoms with E-state index in [0.717, 1.165) is 44.0 Å². The van der Waals surface area contributed by atoms with Crippen molar-refractivity contribution in [1.82, 2.24) is 9.88 Å². The van der Waals surface area contributed by atoms with Gasteiger partial charge in [-0.2, -0.15) is 0 Å². The molecule has 7 nitrogen and oxygen atoms in total. The SMILES string of the molecule is O=C1SC(=Cc2c3ccccc3nc3ccccc23)C(=O)N1Cc1ccc([N+](=O)[O-])cc1. The number of non-ortho nitro benzene ring substituents is 1. The third-order valence-corrected chi connectivity index (χ3v) is 6.17. The molecule has 0 spiro atoms. The van der Waals surface area contributed by atoms with Crippen LogP contribution in [0.25, 0.3) is 27.9 Å². The Hall–Kier alpha value is -4.04. The zero-order valence-electron chi connectivity index (χ0n) is 16.6. The van der Waals surface area contributed by atoms with Gasteiger partial charge in [0.25, 0.3) is 16.8 Å². The topological polar surface area (TPSA) is 93.4 Å². The highest BCUT2D eigenvalue weighted by Gasteiger charge is 2.35. The summed E-state index contributed by atoms with van der Waals surface area (Å²) >= 11 is 0.891. The van der Waals surface area contributed by atoms with Crippen LogP contribution in [0.4, 0.5) is 10.5 Å². The predicted molar refractivity (Wildman–Crippen MR) is 124 cm³/mol. The third-order valence-electron chi connectivity index (χ3n) is 5.27. The Kier molecular flexibility index (Phi) is 4.91. The van der Waals surface area contributed by atoms with Crippen molar-refractivity contribution in [2.45, 2.75) is 6.54 Å². The van der Waals surface area contributed by atoms with Crippen molar-refractivity contribution in [2.75, 3.05) is 0 Å². The maximum Gasteiger partial charge on any atom is 0.293 e. The minimum atomic E-state index is -0.490. The summed E-state index contributed by atoms with van der Waals surface area (Å²) in [4.78, 5) is 42.2. The molecular formula is C24H15N3O4S. The van der Waals surface area contributed by atoms with E-state index in [4.69, 9.17) is 4.98 Å². The van der Waals surface area contributed by atoms with E-state index < -0.39 is 4.92 Å². The first-order valence-corrected chi connectivity index (χ1v) is 10.6. The third kappa shape index (κ3) is 3.50. The van der Waals surface area contributed by atoms with Crippen molar-refractivity contribution in [3.8, 4) is 0 Å². The molecule has 3 aromatic carbocycles. The van der Waals surface area contributed by atoms with Crippen LogP contribution in [-0.4, -0.2) is 26.0 Å². The first-order valence-electron chi connectivity index (χ1n) is 9.77. The molecule has 32 heavy (non-hydrogen) atoms. The molecule has 2 amide bonds. The van der Waals surface area contributed by atoms with E-state index in [1.54, 1.807) is 18.2 Å². The van der Waals surface area contributed by atoms with Crippen molar-refractivity contribution < 1.29 is 14.5 Å². The summed E-state index contributed by atoms with van der Waals surface area (Å²) < 4.78 is 0. The fourth-order valence-electron chi connectivity index (χ4n) is 3.70. The first kappa shape index (κ1) is 19.9. The van der Waals surface area contributed by atoms with Crippen molar-refractivity contribution >= 4 is 56.5 Å². The lowest BCUT2D eigenvalue weighted by atomic mass is 10.0. The number of rotatable bonds is 4. The van der Waals surface area contributed by atoms with Crippen LogP contribution in [-0.2, 0) is 11.3 Å². The average Bonchev–Trinajstić information content (AvgIpc) is 3.06. The second-order valence-electron chi connectivity index (χ2n) is 7.25. The molecule has 0 atom stereocenters. The molecule has 1 fully saturated rings. The van der Waals surface area contributed by atoms with Gasteiger partial charge in [-0.15, -0.1) is 0 Å². The number of carbonyl (C=O) groups excluding carboxylic acids is 2. The van der Waals surface area contributed by atoms with E-state index in [1.807, 2.05) is 48.5 Å². The summed E-state index contributed by atoms with van der Waals surface area (Å²) in [5.74, 6) is -0.386. The van der Waals surface area contributed by atoms with E-state index >= 15 is 0 Å². The Balaban J connectivity index is 1.52. The molecule has 156 valence electrons. The number of imide groups is 1. The van der Waals surface area contributed by atoms with Crippen LogP contribution < -0.4 is 0 Å². The van der Waals surface area contributed by atoms with Gasteiger partial charge in [0.2, 0.25) is 0 Å². The molecule has 5 rings (SSSR count). The maximum absolute atomic E-state index is 13.1. The molecule has 1 saturated heterocycles. The number of hydrogen-bond acceptors (Lipinski definition) is 6. The minimum absolute atomic E-state index is 0.0424. The number of aromatic nitrogens is 1. The van der Waals surface area contributed by atoms with Gasteiger partial charge in [0, 0.05) is 22.9 Å². The lowest BCUT2D eigenvalue weighted by molar-refractivity contribution is -0.384. The Morgan fingerprint density at radius 1 is 0.906 bits per heavy atom. The standard InChI is InChI=1S/C24H15N3O4S/c28-23-22(32-24(29)26(23)14-15-9-11-16(12-10-15)27(30)31)13-19-17-5-1-3-7-20(17)25-21-8-4-2-6-18(19)21/h1-13H,14H2. The second-order valence-corrected chi connectivity index (χ2v) is 8.24. The summed E-state index contributed by atoms with van der Waals surface area (Å²) in [5, 5.41) is 12.3. The number of nitro groups is 1. The molecule has 0 aliphatic carbocycles. The summed E-state index contributed by atoms with van der Waals surface area (Å²) in [6.07, 6.45) is 1.76. The molecule has 1 aliphatic rings. The van der Waals surface area contributed by atoms with Crippen molar-refractivity contribution in [3.05, 3.63) is 98.9 Å². The molecule has 0 bridgehead atoms. The van der Waals surface area contributed by atoms with E-state index in [2.05, 4.69) is 0 Å². The van der Waals surface area contributed by atoms with Crippen LogP contribution in [0, 0.1) is 10.1 Å². The number of pyridine rings is 1. The van der Waals surface area contributed by atoms with E-state index in [1.165, 1.54) is 12.1 Å². The summed E-state index contributed by atoms with van der Waals surface area (Å²) in [6.45, 7) is 0.0534. The average molecular weight is 441 g/mol. The first-order chi connectivity index (χ1) is 15.5. The molecule has 1 aliphatic heterocycles. The van der Waals surface area contributed by atoms with Crippen LogP contribution in [0.3, 0.4) is 0 Å². The Morgan fingerprint density at radius 2 is 1.50 bits per heavy atom. The van der Waals surface area contributed by atoms with Gasteiger partial charge in [0.05, 0.1) is 27.4 Å². The van der Waals surface area contributed by atoms with Crippen LogP contribution >= 0.6 is 11.8 Å². The molecule has 4 aromatic rings. The van der Waals surface area contributed by atoms with Gasteiger partial charge >= 0.3 is 0 Å². The molecular weight excluding hydrogens is 426 g/mol. The van der Waals surface area contributed by atoms with E-state index in [-0.39, 0.29) is 23.4 Å². The Morgan fingerprint density at radius 3 is 2.09 bits per heavy atom. The van der Waals surface area contributed by atoms with Crippen molar-refractivity contribution in [3.63, 3.8) is 0 Å². The number of nitrogens with zero attached hydrogens (tertiary/aromatic N) is 3. The minimum Gasteiger partial charge on any atom is -0.268 e. The van der Waals surface area contributed by atoms with Crippen molar-refractivity contribution in [1.29, 1.82) is 0 Å². The largest absolute Gasteiger partial charge is 0.293 e. The lowest BCUT2D eigenvalue weighted by Crippen LogP contribution is -2.27. The highest BCUT2D eigenvalue weighted by molar-refractivity contribution is 8.18. The van der Waals surface area contributed by atoms with Crippen LogP contribution in [0.15, 0.2) is 77.7 Å². The molecule has 1 aromatic heterocycles. The number of amides is 2. The Labute approximate surface area is 186 Å². The molecule has 0 unspecified atom stereocenters. The highest BCUT2D eigenvalue weighted by atomic mass is 32.2. The van der Waals surface area contributed by atoms with Gasteiger partial charge in [0.1, 0.15) is 0 Å². The normalized spacial score (nSPS) is 15.2. The van der Waals surface area contributed by atoms with E-state index in [0.29, 0.717) is 10.5 Å². The molecule has 0 N–H and O–H groups in total. The van der Waals surface area contributed by atoms with Gasteiger partial charge in [-0.3, -0.25) is 24.6 Å². The highest BCUT2D eigenvalue weighted by Crippen LogP contribution is 2.36. The molecule has 8 heteroatoms. The zero-order valence-corrected chi connectivity index (χ0v) is 17.4. The zero-order chi connectivity index (χ0) is 22.2. The van der Waals surface area contributed by atoms with Crippen LogP contribution in [0.2, 0.25) is 0 Å².